The normalized spacial score (nSPS) is 13.2. The highest BCUT2D eigenvalue weighted by Gasteiger charge is 2.38. The number of ether oxygens (including phenoxy) is 1. The number of hydrogen-bond acceptors (Lipinski definition) is 4. The Kier molecular flexibility index (Phi) is 5.18. The molecule has 1 rings (SSSR count). The van der Waals surface area contributed by atoms with Crippen LogP contribution in [0.15, 0.2) is 10.7 Å². The van der Waals surface area contributed by atoms with E-state index in [0.717, 1.165) is 13.3 Å². The standard InChI is InChI=1S/C10H13BrF3N3O/c1-3-4-15-9-16-5-7(11)8(17-9)18-6(2)10(12,13)14/h5-6H,3-4H2,1-2H3,(H,15,16,17). The molecule has 0 amide bonds. The molecule has 1 atom stereocenters. The first-order valence-electron chi connectivity index (χ1n) is 5.34. The molecule has 102 valence electrons. The molecule has 0 fully saturated rings. The summed E-state index contributed by atoms with van der Waals surface area (Å²) in [5, 5.41) is 2.87. The van der Waals surface area contributed by atoms with Gasteiger partial charge in [-0.2, -0.15) is 18.2 Å². The van der Waals surface area contributed by atoms with Crippen molar-refractivity contribution < 1.29 is 17.9 Å². The summed E-state index contributed by atoms with van der Waals surface area (Å²) in [6, 6.07) is 0. The van der Waals surface area contributed by atoms with Gasteiger partial charge in [0.25, 0.3) is 0 Å². The molecular formula is C10H13BrF3N3O. The number of halogens is 4. The zero-order valence-corrected chi connectivity index (χ0v) is 11.5. The van der Waals surface area contributed by atoms with Gasteiger partial charge in [0.1, 0.15) is 0 Å². The molecule has 8 heteroatoms. The molecule has 0 saturated heterocycles. The SMILES string of the molecule is CCCNc1ncc(Br)c(OC(C)C(F)(F)F)n1. The number of nitrogens with zero attached hydrogens (tertiary/aromatic N) is 2. The highest BCUT2D eigenvalue weighted by molar-refractivity contribution is 9.10. The fourth-order valence-corrected chi connectivity index (χ4v) is 1.27. The number of aromatic nitrogens is 2. The van der Waals surface area contributed by atoms with Gasteiger partial charge in [-0.05, 0) is 29.3 Å². The molecule has 1 aromatic rings. The Bertz CT molecular complexity index is 400. The van der Waals surface area contributed by atoms with Crippen LogP contribution < -0.4 is 10.1 Å². The first-order valence-corrected chi connectivity index (χ1v) is 6.13. The molecule has 1 heterocycles. The average Bonchev–Trinajstić information content (AvgIpc) is 2.28. The van der Waals surface area contributed by atoms with Crippen LogP contribution in [0.2, 0.25) is 0 Å². The highest BCUT2D eigenvalue weighted by atomic mass is 79.9. The zero-order valence-electron chi connectivity index (χ0n) is 9.88. The minimum atomic E-state index is -4.43. The van der Waals surface area contributed by atoms with Crippen LogP contribution in [-0.4, -0.2) is 28.8 Å². The fourth-order valence-electron chi connectivity index (χ4n) is 0.990. The maximum absolute atomic E-state index is 12.4. The molecule has 0 spiro atoms. The predicted octanol–water partition coefficient (Wildman–Crippen LogP) is 3.39. The van der Waals surface area contributed by atoms with E-state index < -0.39 is 12.3 Å². The van der Waals surface area contributed by atoms with Crippen molar-refractivity contribution in [1.29, 1.82) is 0 Å². The summed E-state index contributed by atoms with van der Waals surface area (Å²) >= 11 is 3.05. The fraction of sp³-hybridized carbons (Fsp3) is 0.600. The number of rotatable bonds is 5. The first kappa shape index (κ1) is 15.0. The third-order valence-electron chi connectivity index (χ3n) is 1.99. The summed E-state index contributed by atoms with van der Waals surface area (Å²) in [4.78, 5) is 7.79. The number of hydrogen-bond donors (Lipinski definition) is 1. The summed E-state index contributed by atoms with van der Waals surface area (Å²) in [6.45, 7) is 3.51. The Morgan fingerprint density at radius 2 is 2.17 bits per heavy atom. The van der Waals surface area contributed by atoms with Gasteiger partial charge in [0, 0.05) is 6.54 Å². The van der Waals surface area contributed by atoms with E-state index in [0.29, 0.717) is 6.54 Å². The second-order valence-electron chi connectivity index (χ2n) is 3.58. The minimum Gasteiger partial charge on any atom is -0.464 e. The van der Waals surface area contributed by atoms with Crippen molar-refractivity contribution >= 4 is 21.9 Å². The molecule has 0 aliphatic heterocycles. The monoisotopic (exact) mass is 327 g/mol. The van der Waals surface area contributed by atoms with E-state index in [9.17, 15) is 13.2 Å². The van der Waals surface area contributed by atoms with Crippen molar-refractivity contribution in [1.82, 2.24) is 9.97 Å². The van der Waals surface area contributed by atoms with Crippen LogP contribution in [-0.2, 0) is 0 Å². The van der Waals surface area contributed by atoms with Crippen LogP contribution in [0.5, 0.6) is 5.88 Å². The summed E-state index contributed by atoms with van der Waals surface area (Å²) < 4.78 is 42.2. The maximum atomic E-state index is 12.4. The molecule has 0 aromatic carbocycles. The number of nitrogens with one attached hydrogen (secondary N) is 1. The molecule has 0 aliphatic carbocycles. The van der Waals surface area contributed by atoms with Crippen LogP contribution in [0, 0.1) is 0 Å². The topological polar surface area (TPSA) is 47.0 Å². The minimum absolute atomic E-state index is 0.131. The summed E-state index contributed by atoms with van der Waals surface area (Å²) in [7, 11) is 0. The van der Waals surface area contributed by atoms with E-state index in [1.165, 1.54) is 6.20 Å². The molecule has 0 bridgehead atoms. The number of anilines is 1. The predicted molar refractivity (Wildman–Crippen MR) is 64.7 cm³/mol. The van der Waals surface area contributed by atoms with Gasteiger partial charge in [0.15, 0.2) is 6.10 Å². The Labute approximate surface area is 111 Å². The number of alkyl halides is 3. The second kappa shape index (κ2) is 6.21. The second-order valence-corrected chi connectivity index (χ2v) is 4.43. The van der Waals surface area contributed by atoms with Crippen molar-refractivity contribution in [3.8, 4) is 5.88 Å². The molecular weight excluding hydrogens is 315 g/mol. The quantitative estimate of drug-likeness (QED) is 0.900. The van der Waals surface area contributed by atoms with Gasteiger partial charge in [-0.25, -0.2) is 4.98 Å². The lowest BCUT2D eigenvalue weighted by Gasteiger charge is -2.17. The molecule has 1 N–H and O–H groups in total. The van der Waals surface area contributed by atoms with E-state index in [1.54, 1.807) is 0 Å². The molecule has 18 heavy (non-hydrogen) atoms. The van der Waals surface area contributed by atoms with Crippen molar-refractivity contribution in [3.05, 3.63) is 10.7 Å². The van der Waals surface area contributed by atoms with Gasteiger partial charge in [-0.3, -0.25) is 0 Å². The lowest BCUT2D eigenvalue weighted by atomic mass is 10.4. The van der Waals surface area contributed by atoms with Crippen LogP contribution in [0.25, 0.3) is 0 Å². The van der Waals surface area contributed by atoms with Gasteiger partial charge in [0.2, 0.25) is 11.8 Å². The van der Waals surface area contributed by atoms with E-state index in [-0.39, 0.29) is 16.3 Å². The highest BCUT2D eigenvalue weighted by Crippen LogP contribution is 2.28. The van der Waals surface area contributed by atoms with E-state index >= 15 is 0 Å². The summed E-state index contributed by atoms with van der Waals surface area (Å²) in [6.07, 6.45) is -4.15. The van der Waals surface area contributed by atoms with Crippen molar-refractivity contribution in [3.63, 3.8) is 0 Å². The lowest BCUT2D eigenvalue weighted by Crippen LogP contribution is -2.31. The van der Waals surface area contributed by atoms with Crippen molar-refractivity contribution in [2.24, 2.45) is 0 Å². The van der Waals surface area contributed by atoms with Crippen LogP contribution in [0.1, 0.15) is 20.3 Å². The van der Waals surface area contributed by atoms with Gasteiger partial charge in [-0.1, -0.05) is 6.92 Å². The van der Waals surface area contributed by atoms with Crippen molar-refractivity contribution in [2.75, 3.05) is 11.9 Å². The molecule has 1 aromatic heterocycles. The van der Waals surface area contributed by atoms with Gasteiger partial charge in [0.05, 0.1) is 10.7 Å². The van der Waals surface area contributed by atoms with Crippen LogP contribution >= 0.6 is 15.9 Å². The smallest absolute Gasteiger partial charge is 0.425 e. The van der Waals surface area contributed by atoms with Gasteiger partial charge >= 0.3 is 6.18 Å². The summed E-state index contributed by atoms with van der Waals surface area (Å²) in [5.74, 6) is 0.109. The van der Waals surface area contributed by atoms with Gasteiger partial charge in [-0.15, -0.1) is 0 Å². The molecule has 4 nitrogen and oxygen atoms in total. The Morgan fingerprint density at radius 3 is 2.72 bits per heavy atom. The average molecular weight is 328 g/mol. The zero-order chi connectivity index (χ0) is 13.8. The first-order chi connectivity index (χ1) is 8.34. The van der Waals surface area contributed by atoms with Crippen LogP contribution in [0.4, 0.5) is 19.1 Å². The Hall–Kier alpha value is -1.05. The molecule has 0 radical (unpaired) electrons. The molecule has 0 saturated carbocycles. The van der Waals surface area contributed by atoms with E-state index in [2.05, 4.69) is 31.2 Å². The largest absolute Gasteiger partial charge is 0.464 e. The summed E-state index contributed by atoms with van der Waals surface area (Å²) in [5.41, 5.74) is 0. The van der Waals surface area contributed by atoms with Crippen molar-refractivity contribution in [2.45, 2.75) is 32.5 Å². The Balaban J connectivity index is 2.81. The van der Waals surface area contributed by atoms with E-state index in [4.69, 9.17) is 4.74 Å². The molecule has 1 unspecified atom stereocenters. The van der Waals surface area contributed by atoms with E-state index in [1.807, 2.05) is 6.92 Å². The van der Waals surface area contributed by atoms with Gasteiger partial charge < -0.3 is 10.1 Å². The van der Waals surface area contributed by atoms with Crippen LogP contribution in [0.3, 0.4) is 0 Å². The Morgan fingerprint density at radius 1 is 1.50 bits per heavy atom. The third-order valence-corrected chi connectivity index (χ3v) is 2.54. The lowest BCUT2D eigenvalue weighted by molar-refractivity contribution is -0.190. The maximum Gasteiger partial charge on any atom is 0.425 e. The third kappa shape index (κ3) is 4.32. The molecule has 0 aliphatic rings.